The highest BCUT2D eigenvalue weighted by Gasteiger charge is 2.25. The van der Waals surface area contributed by atoms with Gasteiger partial charge in [0.05, 0.1) is 27.9 Å². The number of hydrogen-bond acceptors (Lipinski definition) is 5. The maximum atomic E-state index is 12.8. The van der Waals surface area contributed by atoms with Crippen LogP contribution in [0.3, 0.4) is 0 Å². The topological polar surface area (TPSA) is 57.2 Å². The molecule has 0 saturated carbocycles. The van der Waals surface area contributed by atoms with Crippen molar-refractivity contribution >= 4 is 5.91 Å². The van der Waals surface area contributed by atoms with E-state index in [1.807, 2.05) is 4.90 Å². The number of likely N-dealkylation sites (tertiary alicyclic amines) is 1. The second-order valence-corrected chi connectivity index (χ2v) is 5.87. The molecule has 6 nitrogen and oxygen atoms in total. The molecule has 1 fully saturated rings. The summed E-state index contributed by atoms with van der Waals surface area (Å²) in [6, 6.07) is 3.37. The Balaban J connectivity index is 2.05. The highest BCUT2D eigenvalue weighted by atomic mass is 16.5. The van der Waals surface area contributed by atoms with Gasteiger partial charge in [0.25, 0.3) is 5.91 Å². The van der Waals surface area contributed by atoms with Crippen LogP contribution in [-0.2, 0) is 4.74 Å². The molecule has 0 bridgehead atoms. The van der Waals surface area contributed by atoms with Crippen molar-refractivity contribution in [2.24, 2.45) is 5.92 Å². The van der Waals surface area contributed by atoms with Crippen LogP contribution < -0.4 is 14.2 Å². The number of nitrogens with zero attached hydrogens (tertiary/aromatic N) is 1. The lowest BCUT2D eigenvalue weighted by molar-refractivity contribution is 0.0581. The number of rotatable bonds is 7. The van der Waals surface area contributed by atoms with Gasteiger partial charge < -0.3 is 23.8 Å². The molecule has 136 valence electrons. The van der Waals surface area contributed by atoms with Crippen molar-refractivity contribution in [2.45, 2.75) is 12.8 Å². The zero-order valence-corrected chi connectivity index (χ0v) is 15.0. The molecule has 2 rings (SSSR count). The average Bonchev–Trinajstić information content (AvgIpc) is 2.66. The number of hydrogen-bond donors (Lipinski definition) is 0. The molecule has 0 aromatic heterocycles. The standard InChI is InChI=1S/C19H25NO5/c1-5-10-25-13-14-6-8-20(9-7-14)19(21)15-11-16(22-2)18(24-4)17(12-15)23-3/h1,11-12,14H,6-10,13H2,2-4H3. The van der Waals surface area contributed by atoms with E-state index in [4.69, 9.17) is 25.4 Å². The van der Waals surface area contributed by atoms with Gasteiger partial charge in [0.1, 0.15) is 6.61 Å². The molecule has 1 aromatic carbocycles. The normalized spacial score (nSPS) is 14.7. The van der Waals surface area contributed by atoms with E-state index in [1.54, 1.807) is 12.1 Å². The second kappa shape index (κ2) is 9.19. The van der Waals surface area contributed by atoms with E-state index in [0.29, 0.717) is 55.0 Å². The van der Waals surface area contributed by atoms with E-state index in [0.717, 1.165) is 12.8 Å². The molecule has 1 saturated heterocycles. The smallest absolute Gasteiger partial charge is 0.254 e. The zero-order chi connectivity index (χ0) is 18.2. The van der Waals surface area contributed by atoms with Crippen LogP contribution in [0.15, 0.2) is 12.1 Å². The van der Waals surface area contributed by atoms with Gasteiger partial charge in [0.15, 0.2) is 11.5 Å². The van der Waals surface area contributed by atoms with Crippen LogP contribution in [0.5, 0.6) is 17.2 Å². The maximum absolute atomic E-state index is 12.8. The predicted octanol–water partition coefficient (Wildman–Crippen LogP) is 2.21. The Morgan fingerprint density at radius 1 is 1.16 bits per heavy atom. The van der Waals surface area contributed by atoms with Gasteiger partial charge in [0.2, 0.25) is 5.75 Å². The number of amides is 1. The summed E-state index contributed by atoms with van der Waals surface area (Å²) in [6.07, 6.45) is 6.99. The van der Waals surface area contributed by atoms with Crippen LogP contribution in [-0.4, -0.2) is 58.4 Å². The molecule has 0 atom stereocenters. The third-order valence-electron chi connectivity index (χ3n) is 4.35. The zero-order valence-electron chi connectivity index (χ0n) is 15.0. The Morgan fingerprint density at radius 2 is 1.76 bits per heavy atom. The lowest BCUT2D eigenvalue weighted by Gasteiger charge is -2.32. The minimum absolute atomic E-state index is 0.0396. The fourth-order valence-corrected chi connectivity index (χ4v) is 2.97. The van der Waals surface area contributed by atoms with E-state index >= 15 is 0 Å². The number of benzene rings is 1. The summed E-state index contributed by atoms with van der Waals surface area (Å²) in [7, 11) is 4.61. The van der Waals surface area contributed by atoms with Crippen molar-refractivity contribution in [3.63, 3.8) is 0 Å². The molecule has 1 heterocycles. The first-order valence-electron chi connectivity index (χ1n) is 8.25. The van der Waals surface area contributed by atoms with Gasteiger partial charge in [-0.25, -0.2) is 0 Å². The Hall–Kier alpha value is -2.39. The molecule has 1 aliphatic rings. The number of ether oxygens (including phenoxy) is 4. The van der Waals surface area contributed by atoms with Gasteiger partial charge >= 0.3 is 0 Å². The van der Waals surface area contributed by atoms with E-state index in [1.165, 1.54) is 21.3 Å². The fraction of sp³-hybridized carbons (Fsp3) is 0.526. The number of carbonyl (C=O) groups excluding carboxylic acids is 1. The summed E-state index contributed by atoms with van der Waals surface area (Å²) in [6.45, 7) is 2.38. The summed E-state index contributed by atoms with van der Waals surface area (Å²) in [5, 5.41) is 0. The Kier molecular flexibility index (Phi) is 6.96. The van der Waals surface area contributed by atoms with E-state index in [2.05, 4.69) is 5.92 Å². The molecule has 0 spiro atoms. The van der Waals surface area contributed by atoms with Gasteiger partial charge in [-0.15, -0.1) is 6.42 Å². The molecule has 1 amide bonds. The predicted molar refractivity (Wildman–Crippen MR) is 94.4 cm³/mol. The molecule has 1 aromatic rings. The molecule has 6 heteroatoms. The molecular weight excluding hydrogens is 322 g/mol. The van der Waals surface area contributed by atoms with E-state index in [9.17, 15) is 4.79 Å². The lowest BCUT2D eigenvalue weighted by Crippen LogP contribution is -2.39. The average molecular weight is 347 g/mol. The maximum Gasteiger partial charge on any atom is 0.254 e. The first-order valence-corrected chi connectivity index (χ1v) is 8.25. The van der Waals surface area contributed by atoms with Crippen LogP contribution in [0.25, 0.3) is 0 Å². The summed E-state index contributed by atoms with van der Waals surface area (Å²) in [5.41, 5.74) is 0.525. The first kappa shape index (κ1) is 18.9. The second-order valence-electron chi connectivity index (χ2n) is 5.87. The van der Waals surface area contributed by atoms with Crippen LogP contribution in [0.2, 0.25) is 0 Å². The minimum atomic E-state index is -0.0396. The van der Waals surface area contributed by atoms with Crippen molar-refractivity contribution in [1.82, 2.24) is 4.90 Å². The third-order valence-corrected chi connectivity index (χ3v) is 4.35. The van der Waals surface area contributed by atoms with Crippen LogP contribution >= 0.6 is 0 Å². The molecule has 0 unspecified atom stereocenters. The fourth-order valence-electron chi connectivity index (χ4n) is 2.97. The van der Waals surface area contributed by atoms with Crippen molar-refractivity contribution in [3.05, 3.63) is 17.7 Å². The molecule has 0 aliphatic carbocycles. The number of carbonyl (C=O) groups is 1. The van der Waals surface area contributed by atoms with Crippen molar-refractivity contribution in [3.8, 4) is 29.6 Å². The van der Waals surface area contributed by atoms with Crippen LogP contribution in [0.4, 0.5) is 0 Å². The Labute approximate surface area is 149 Å². The lowest BCUT2D eigenvalue weighted by atomic mass is 9.97. The minimum Gasteiger partial charge on any atom is -0.493 e. The van der Waals surface area contributed by atoms with Gasteiger partial charge in [0, 0.05) is 18.7 Å². The van der Waals surface area contributed by atoms with Crippen LogP contribution in [0, 0.1) is 18.3 Å². The Bertz CT molecular complexity index is 604. The Morgan fingerprint density at radius 3 is 2.24 bits per heavy atom. The summed E-state index contributed by atoms with van der Waals surface area (Å²) in [5.74, 6) is 4.30. The molecule has 1 aliphatic heterocycles. The first-order chi connectivity index (χ1) is 12.1. The van der Waals surface area contributed by atoms with Crippen molar-refractivity contribution in [1.29, 1.82) is 0 Å². The van der Waals surface area contributed by atoms with Gasteiger partial charge in [-0.3, -0.25) is 4.79 Å². The van der Waals surface area contributed by atoms with Crippen LogP contribution in [0.1, 0.15) is 23.2 Å². The SMILES string of the molecule is C#CCOCC1CCN(C(=O)c2cc(OC)c(OC)c(OC)c2)CC1. The molecule has 0 N–H and O–H groups in total. The number of piperidine rings is 1. The largest absolute Gasteiger partial charge is 0.493 e. The monoisotopic (exact) mass is 347 g/mol. The quantitative estimate of drug-likeness (QED) is 0.559. The summed E-state index contributed by atoms with van der Waals surface area (Å²) >= 11 is 0. The third kappa shape index (κ3) is 4.58. The van der Waals surface area contributed by atoms with Crippen molar-refractivity contribution in [2.75, 3.05) is 47.6 Å². The van der Waals surface area contributed by atoms with Gasteiger partial charge in [-0.1, -0.05) is 5.92 Å². The van der Waals surface area contributed by atoms with Gasteiger partial charge in [-0.2, -0.15) is 0 Å². The van der Waals surface area contributed by atoms with E-state index in [-0.39, 0.29) is 5.91 Å². The number of terminal acetylenes is 1. The summed E-state index contributed by atoms with van der Waals surface area (Å²) < 4.78 is 21.3. The molecule has 25 heavy (non-hydrogen) atoms. The number of methoxy groups -OCH3 is 3. The highest BCUT2D eigenvalue weighted by Crippen LogP contribution is 2.38. The van der Waals surface area contributed by atoms with E-state index < -0.39 is 0 Å². The van der Waals surface area contributed by atoms with Gasteiger partial charge in [-0.05, 0) is 30.9 Å². The molecule has 0 radical (unpaired) electrons. The highest BCUT2D eigenvalue weighted by molar-refractivity contribution is 5.95. The molecular formula is C19H25NO5. The van der Waals surface area contributed by atoms with Crippen molar-refractivity contribution < 1.29 is 23.7 Å². The summed E-state index contributed by atoms with van der Waals surface area (Å²) in [4.78, 5) is 14.7.